The van der Waals surface area contributed by atoms with Crippen LogP contribution in [0.5, 0.6) is 0 Å². The SMILES string of the molecule is CC(O)(CNC(=O)Cc1ccc(N)cc1)CC(=O)O. The average molecular weight is 266 g/mol. The molecule has 104 valence electrons. The molecule has 0 bridgehead atoms. The van der Waals surface area contributed by atoms with Crippen LogP contribution in [-0.2, 0) is 16.0 Å². The van der Waals surface area contributed by atoms with E-state index in [4.69, 9.17) is 10.8 Å². The number of carbonyl (C=O) groups is 2. The lowest BCUT2D eigenvalue weighted by atomic mass is 10.0. The molecule has 0 fully saturated rings. The van der Waals surface area contributed by atoms with Crippen LogP contribution < -0.4 is 11.1 Å². The van der Waals surface area contributed by atoms with Crippen molar-refractivity contribution in [3.8, 4) is 0 Å². The fourth-order valence-electron chi connectivity index (χ4n) is 1.56. The van der Waals surface area contributed by atoms with Crippen molar-refractivity contribution >= 4 is 17.6 Å². The number of rotatable bonds is 6. The zero-order chi connectivity index (χ0) is 14.5. The fraction of sp³-hybridized carbons (Fsp3) is 0.385. The second kappa shape index (κ2) is 6.19. The van der Waals surface area contributed by atoms with Crippen LogP contribution in [0.15, 0.2) is 24.3 Å². The highest BCUT2D eigenvalue weighted by molar-refractivity contribution is 5.78. The van der Waals surface area contributed by atoms with Gasteiger partial charge in [0.2, 0.25) is 5.91 Å². The van der Waals surface area contributed by atoms with Crippen LogP contribution >= 0.6 is 0 Å². The summed E-state index contributed by atoms with van der Waals surface area (Å²) >= 11 is 0. The molecule has 1 aromatic rings. The highest BCUT2D eigenvalue weighted by Gasteiger charge is 2.24. The molecule has 1 unspecified atom stereocenters. The number of nitrogens with one attached hydrogen (secondary N) is 1. The largest absolute Gasteiger partial charge is 0.481 e. The van der Waals surface area contributed by atoms with E-state index in [0.717, 1.165) is 5.56 Å². The van der Waals surface area contributed by atoms with Gasteiger partial charge >= 0.3 is 5.97 Å². The van der Waals surface area contributed by atoms with Crippen LogP contribution in [0.3, 0.4) is 0 Å². The van der Waals surface area contributed by atoms with Crippen molar-refractivity contribution in [2.45, 2.75) is 25.4 Å². The summed E-state index contributed by atoms with van der Waals surface area (Å²) in [4.78, 5) is 22.1. The molecule has 0 aromatic heterocycles. The Labute approximate surface area is 111 Å². The lowest BCUT2D eigenvalue weighted by Crippen LogP contribution is -2.42. The van der Waals surface area contributed by atoms with Crippen LogP contribution in [0, 0.1) is 0 Å². The van der Waals surface area contributed by atoms with E-state index < -0.39 is 18.0 Å². The molecular weight excluding hydrogens is 248 g/mol. The Morgan fingerprint density at radius 3 is 2.42 bits per heavy atom. The number of carboxylic acid groups (broad SMARTS) is 1. The summed E-state index contributed by atoms with van der Waals surface area (Å²) < 4.78 is 0. The molecule has 1 atom stereocenters. The second-order valence-electron chi connectivity index (χ2n) is 4.76. The number of nitrogen functional groups attached to an aromatic ring is 1. The van der Waals surface area contributed by atoms with Crippen molar-refractivity contribution in [2.24, 2.45) is 0 Å². The first-order chi connectivity index (χ1) is 8.78. The molecule has 1 aromatic carbocycles. The van der Waals surface area contributed by atoms with Gasteiger partial charge in [-0.3, -0.25) is 9.59 Å². The molecule has 0 radical (unpaired) electrons. The molecule has 0 aliphatic carbocycles. The van der Waals surface area contributed by atoms with E-state index >= 15 is 0 Å². The minimum absolute atomic E-state index is 0.104. The minimum Gasteiger partial charge on any atom is -0.481 e. The van der Waals surface area contributed by atoms with Crippen LogP contribution in [0.25, 0.3) is 0 Å². The monoisotopic (exact) mass is 266 g/mol. The number of nitrogens with two attached hydrogens (primary N) is 1. The number of benzene rings is 1. The maximum Gasteiger partial charge on any atom is 0.306 e. The van der Waals surface area contributed by atoms with Gasteiger partial charge in [-0.25, -0.2) is 0 Å². The number of aliphatic hydroxyl groups is 1. The van der Waals surface area contributed by atoms with Crippen molar-refractivity contribution < 1.29 is 19.8 Å². The zero-order valence-corrected chi connectivity index (χ0v) is 10.7. The summed E-state index contributed by atoms with van der Waals surface area (Å²) in [7, 11) is 0. The molecule has 0 spiro atoms. The molecule has 5 N–H and O–H groups in total. The lowest BCUT2D eigenvalue weighted by molar-refractivity contribution is -0.142. The smallest absolute Gasteiger partial charge is 0.306 e. The first kappa shape index (κ1) is 15.0. The number of amides is 1. The first-order valence-corrected chi connectivity index (χ1v) is 5.84. The summed E-state index contributed by atoms with van der Waals surface area (Å²) in [5, 5.41) is 20.8. The van der Waals surface area contributed by atoms with Crippen molar-refractivity contribution in [3.63, 3.8) is 0 Å². The highest BCUT2D eigenvalue weighted by atomic mass is 16.4. The maximum absolute atomic E-state index is 11.6. The summed E-state index contributed by atoms with van der Waals surface area (Å²) in [5.41, 5.74) is 5.49. The van der Waals surface area contributed by atoms with E-state index in [9.17, 15) is 14.7 Å². The topological polar surface area (TPSA) is 113 Å². The van der Waals surface area contributed by atoms with E-state index in [1.807, 2.05) is 0 Å². The maximum atomic E-state index is 11.6. The van der Waals surface area contributed by atoms with Crippen LogP contribution in [0.4, 0.5) is 5.69 Å². The van der Waals surface area contributed by atoms with Gasteiger partial charge in [0.15, 0.2) is 0 Å². The summed E-state index contributed by atoms with van der Waals surface area (Å²) in [6, 6.07) is 6.88. The number of hydrogen-bond acceptors (Lipinski definition) is 4. The number of carbonyl (C=O) groups excluding carboxylic acids is 1. The molecule has 0 saturated carbocycles. The van der Waals surface area contributed by atoms with Gasteiger partial charge in [0, 0.05) is 12.2 Å². The van der Waals surface area contributed by atoms with Gasteiger partial charge in [0.25, 0.3) is 0 Å². The van der Waals surface area contributed by atoms with E-state index in [1.165, 1.54) is 6.92 Å². The van der Waals surface area contributed by atoms with E-state index in [0.29, 0.717) is 5.69 Å². The van der Waals surface area contributed by atoms with Gasteiger partial charge in [0.05, 0.1) is 18.4 Å². The molecule has 0 aliphatic rings. The van der Waals surface area contributed by atoms with Gasteiger partial charge in [0.1, 0.15) is 0 Å². The Kier molecular flexibility index (Phi) is 4.88. The molecule has 0 heterocycles. The Balaban J connectivity index is 2.43. The Morgan fingerprint density at radius 1 is 1.32 bits per heavy atom. The molecule has 6 nitrogen and oxygen atoms in total. The molecule has 1 amide bonds. The average Bonchev–Trinajstić information content (AvgIpc) is 2.28. The Hall–Kier alpha value is -2.08. The molecule has 0 aliphatic heterocycles. The van der Waals surface area contributed by atoms with Gasteiger partial charge < -0.3 is 21.3 Å². The standard InChI is InChI=1S/C13H18N2O4/c1-13(19,7-12(17)18)8-15-11(16)6-9-2-4-10(14)5-3-9/h2-5,19H,6-8,14H2,1H3,(H,15,16)(H,17,18). The predicted molar refractivity (Wildman–Crippen MR) is 70.4 cm³/mol. The van der Waals surface area contributed by atoms with Crippen LogP contribution in [0.2, 0.25) is 0 Å². The van der Waals surface area contributed by atoms with Gasteiger partial charge in [-0.1, -0.05) is 12.1 Å². The van der Waals surface area contributed by atoms with Gasteiger partial charge in [-0.15, -0.1) is 0 Å². The number of anilines is 1. The van der Waals surface area contributed by atoms with E-state index in [2.05, 4.69) is 5.32 Å². The third-order valence-corrected chi connectivity index (χ3v) is 2.54. The predicted octanol–water partition coefficient (Wildman–Crippen LogP) is 0.153. The Bertz CT molecular complexity index is 454. The van der Waals surface area contributed by atoms with E-state index in [1.54, 1.807) is 24.3 Å². The number of aliphatic carboxylic acids is 1. The lowest BCUT2D eigenvalue weighted by Gasteiger charge is -2.21. The molecule has 19 heavy (non-hydrogen) atoms. The van der Waals surface area contributed by atoms with E-state index in [-0.39, 0.29) is 18.9 Å². The van der Waals surface area contributed by atoms with Gasteiger partial charge in [-0.2, -0.15) is 0 Å². The summed E-state index contributed by atoms with van der Waals surface area (Å²) in [6.45, 7) is 1.26. The zero-order valence-electron chi connectivity index (χ0n) is 10.7. The summed E-state index contributed by atoms with van der Waals surface area (Å²) in [6.07, 6.45) is -0.265. The third kappa shape index (κ3) is 5.87. The fourth-order valence-corrected chi connectivity index (χ4v) is 1.56. The normalized spacial score (nSPS) is 13.6. The van der Waals surface area contributed by atoms with Crippen LogP contribution in [-0.4, -0.2) is 34.2 Å². The highest BCUT2D eigenvalue weighted by Crippen LogP contribution is 2.08. The number of carboxylic acids is 1. The minimum atomic E-state index is -1.46. The second-order valence-corrected chi connectivity index (χ2v) is 4.76. The third-order valence-electron chi connectivity index (χ3n) is 2.54. The molecule has 0 saturated heterocycles. The van der Waals surface area contributed by atoms with Crippen molar-refractivity contribution in [3.05, 3.63) is 29.8 Å². The molecule has 6 heteroatoms. The number of hydrogen-bond donors (Lipinski definition) is 4. The molecule has 1 rings (SSSR count). The molecular formula is C13H18N2O4. The summed E-state index contributed by atoms with van der Waals surface area (Å²) in [5.74, 6) is -1.40. The van der Waals surface area contributed by atoms with Crippen molar-refractivity contribution in [1.82, 2.24) is 5.32 Å². The quantitative estimate of drug-likeness (QED) is 0.548. The van der Waals surface area contributed by atoms with Gasteiger partial charge in [-0.05, 0) is 24.6 Å². The van der Waals surface area contributed by atoms with Crippen molar-refractivity contribution in [2.75, 3.05) is 12.3 Å². The van der Waals surface area contributed by atoms with Crippen molar-refractivity contribution in [1.29, 1.82) is 0 Å². The first-order valence-electron chi connectivity index (χ1n) is 5.84. The Morgan fingerprint density at radius 2 is 1.89 bits per heavy atom. The van der Waals surface area contributed by atoms with Crippen LogP contribution in [0.1, 0.15) is 18.9 Å².